The molecular formula is C7H7Br2FNO+. The molecule has 1 aromatic carbocycles. The standard InChI is InChI=1S/C7H6Br2FNO/c8-3-12-7-5(10)1-4(9)2-6(7)11/h1-2H,3,11H2/p+1. The molecule has 0 fully saturated rings. The fraction of sp³-hybridized carbons (Fsp3) is 0.143. The molecule has 0 aliphatic carbocycles. The number of ether oxygens (including phenoxy) is 1. The van der Waals surface area contributed by atoms with Crippen LogP contribution >= 0.6 is 31.9 Å². The number of hydrogen-bond donors (Lipinski definition) is 1. The largest absolute Gasteiger partial charge is 1.00 e. The quantitative estimate of drug-likeness (QED) is 0.673. The van der Waals surface area contributed by atoms with Gasteiger partial charge in [-0.15, -0.1) is 0 Å². The molecule has 1 rings (SSSR count). The third kappa shape index (κ3) is 2.10. The van der Waals surface area contributed by atoms with Crippen LogP contribution in [0.25, 0.3) is 0 Å². The van der Waals surface area contributed by atoms with Crippen molar-refractivity contribution in [3.63, 3.8) is 0 Å². The molecule has 0 bridgehead atoms. The molecule has 0 aliphatic heterocycles. The molecular weight excluding hydrogens is 293 g/mol. The molecule has 0 atom stereocenters. The van der Waals surface area contributed by atoms with Crippen LogP contribution < -0.4 is 10.5 Å². The van der Waals surface area contributed by atoms with Crippen LogP contribution in [0.1, 0.15) is 1.43 Å². The maximum atomic E-state index is 13.0. The van der Waals surface area contributed by atoms with Crippen LogP contribution in [0.2, 0.25) is 0 Å². The van der Waals surface area contributed by atoms with Crippen molar-refractivity contribution in [1.82, 2.24) is 0 Å². The van der Waals surface area contributed by atoms with E-state index in [4.69, 9.17) is 10.5 Å². The van der Waals surface area contributed by atoms with E-state index in [9.17, 15) is 4.39 Å². The molecule has 66 valence electrons. The van der Waals surface area contributed by atoms with Crippen molar-refractivity contribution in [2.45, 2.75) is 0 Å². The molecule has 12 heavy (non-hydrogen) atoms. The monoisotopic (exact) mass is 298 g/mol. The Kier molecular flexibility index (Phi) is 3.34. The van der Waals surface area contributed by atoms with Crippen LogP contribution in [0.3, 0.4) is 0 Å². The first kappa shape index (κ1) is 9.80. The molecule has 0 unspecified atom stereocenters. The molecule has 5 heteroatoms. The summed E-state index contributed by atoms with van der Waals surface area (Å²) < 4.78 is 18.6. The van der Waals surface area contributed by atoms with Crippen molar-refractivity contribution >= 4 is 37.5 Å². The van der Waals surface area contributed by atoms with Gasteiger partial charge in [0.2, 0.25) is 0 Å². The average Bonchev–Trinajstić information content (AvgIpc) is 1.96. The van der Waals surface area contributed by atoms with Crippen LogP contribution in [0.15, 0.2) is 16.6 Å². The molecule has 0 amide bonds. The smallest absolute Gasteiger partial charge is 0.477 e. The van der Waals surface area contributed by atoms with E-state index in [2.05, 4.69) is 31.9 Å². The fourth-order valence-corrected chi connectivity index (χ4v) is 1.46. The second-order valence-corrected chi connectivity index (χ2v) is 3.43. The molecule has 0 radical (unpaired) electrons. The minimum Gasteiger partial charge on any atom is -0.477 e. The zero-order valence-corrected chi connectivity index (χ0v) is 9.15. The number of nitrogens with two attached hydrogens (primary N) is 1. The normalized spacial score (nSPS) is 9.92. The van der Waals surface area contributed by atoms with Crippen LogP contribution in [-0.2, 0) is 0 Å². The van der Waals surface area contributed by atoms with E-state index in [0.717, 1.165) is 0 Å². The van der Waals surface area contributed by atoms with Crippen LogP contribution in [-0.4, -0.2) is 5.52 Å². The molecule has 0 saturated heterocycles. The van der Waals surface area contributed by atoms with E-state index in [1.54, 1.807) is 6.07 Å². The minimum atomic E-state index is -0.471. The van der Waals surface area contributed by atoms with Gasteiger partial charge in [-0.2, -0.15) is 0 Å². The zero-order chi connectivity index (χ0) is 9.14. The van der Waals surface area contributed by atoms with Crippen molar-refractivity contribution in [2.24, 2.45) is 0 Å². The van der Waals surface area contributed by atoms with Crippen molar-refractivity contribution in [3.05, 3.63) is 22.4 Å². The summed E-state index contributed by atoms with van der Waals surface area (Å²) >= 11 is 6.13. The molecule has 1 aromatic rings. The summed E-state index contributed by atoms with van der Waals surface area (Å²) in [5.74, 6) is -0.392. The summed E-state index contributed by atoms with van der Waals surface area (Å²) in [6.45, 7) is 0. The third-order valence-corrected chi connectivity index (χ3v) is 1.92. The number of hydrogen-bond acceptors (Lipinski definition) is 2. The third-order valence-electron chi connectivity index (χ3n) is 1.24. The van der Waals surface area contributed by atoms with Crippen LogP contribution in [0.5, 0.6) is 5.75 Å². The van der Waals surface area contributed by atoms with E-state index in [0.29, 0.717) is 4.47 Å². The Morgan fingerprint density at radius 2 is 2.25 bits per heavy atom. The van der Waals surface area contributed by atoms with Gasteiger partial charge in [-0.05, 0) is 28.1 Å². The van der Waals surface area contributed by atoms with Gasteiger partial charge in [0.1, 0.15) is 5.52 Å². The SMILES string of the molecule is Nc1cc(Br)cc(F)c1OCBr.[H+]. The molecule has 0 saturated carbocycles. The van der Waals surface area contributed by atoms with E-state index < -0.39 is 5.82 Å². The zero-order valence-electron chi connectivity index (χ0n) is 6.98. The average molecular weight is 300 g/mol. The summed E-state index contributed by atoms with van der Waals surface area (Å²) in [5, 5.41) is 0. The number of anilines is 1. The maximum absolute atomic E-state index is 13.0. The van der Waals surface area contributed by atoms with Gasteiger partial charge in [-0.25, -0.2) is 4.39 Å². The Hall–Kier alpha value is -0.290. The highest BCUT2D eigenvalue weighted by molar-refractivity contribution is 9.10. The highest BCUT2D eigenvalue weighted by Crippen LogP contribution is 2.29. The predicted molar refractivity (Wildman–Crippen MR) is 54.0 cm³/mol. The Morgan fingerprint density at radius 3 is 2.75 bits per heavy atom. The summed E-state index contributed by atoms with van der Waals surface area (Å²) in [5.41, 5.74) is 5.99. The number of benzene rings is 1. The van der Waals surface area contributed by atoms with Gasteiger partial charge in [-0.1, -0.05) is 15.9 Å². The number of halogens is 3. The Bertz CT molecular complexity index is 275. The lowest BCUT2D eigenvalue weighted by atomic mass is 10.3. The topological polar surface area (TPSA) is 35.2 Å². The lowest BCUT2D eigenvalue weighted by molar-refractivity contribution is 0.374. The molecule has 2 nitrogen and oxygen atoms in total. The van der Waals surface area contributed by atoms with Gasteiger partial charge < -0.3 is 10.5 Å². The van der Waals surface area contributed by atoms with Gasteiger partial charge in [0.25, 0.3) is 0 Å². The van der Waals surface area contributed by atoms with Crippen molar-refractivity contribution in [3.8, 4) is 5.75 Å². The van der Waals surface area contributed by atoms with Crippen LogP contribution in [0, 0.1) is 5.82 Å². The second-order valence-electron chi connectivity index (χ2n) is 2.06. The Morgan fingerprint density at radius 1 is 1.58 bits per heavy atom. The highest BCUT2D eigenvalue weighted by atomic mass is 79.9. The first-order valence-electron chi connectivity index (χ1n) is 3.08. The molecule has 0 aliphatic rings. The minimum absolute atomic E-state index is 0. The summed E-state index contributed by atoms with van der Waals surface area (Å²) in [4.78, 5) is 0. The Labute approximate surface area is 87.6 Å². The van der Waals surface area contributed by atoms with Gasteiger partial charge in [-0.3, -0.25) is 0 Å². The van der Waals surface area contributed by atoms with Crippen molar-refractivity contribution < 1.29 is 10.6 Å². The fourth-order valence-electron chi connectivity index (χ4n) is 0.787. The second kappa shape index (κ2) is 4.09. The highest BCUT2D eigenvalue weighted by Gasteiger charge is 2.08. The maximum Gasteiger partial charge on any atom is 1.00 e. The lowest BCUT2D eigenvalue weighted by Gasteiger charge is -2.06. The van der Waals surface area contributed by atoms with Gasteiger partial charge in [0.15, 0.2) is 11.6 Å². The first-order valence-corrected chi connectivity index (χ1v) is 5.00. The summed E-state index contributed by atoms with van der Waals surface area (Å²) in [7, 11) is 0. The number of rotatable bonds is 2. The van der Waals surface area contributed by atoms with Gasteiger partial charge >= 0.3 is 1.43 Å². The first-order chi connectivity index (χ1) is 5.65. The summed E-state index contributed by atoms with van der Waals surface area (Å²) in [6, 6.07) is 2.88. The van der Waals surface area contributed by atoms with Crippen LogP contribution in [0.4, 0.5) is 10.1 Å². The van der Waals surface area contributed by atoms with Crippen molar-refractivity contribution in [2.75, 3.05) is 11.2 Å². The number of nitrogen functional groups attached to an aromatic ring is 1. The van der Waals surface area contributed by atoms with E-state index in [1.807, 2.05) is 0 Å². The lowest BCUT2D eigenvalue weighted by Crippen LogP contribution is -1.98. The van der Waals surface area contributed by atoms with E-state index in [-0.39, 0.29) is 18.4 Å². The number of alkyl halides is 1. The molecule has 0 spiro atoms. The van der Waals surface area contributed by atoms with E-state index >= 15 is 0 Å². The molecule has 0 aromatic heterocycles. The van der Waals surface area contributed by atoms with Gasteiger partial charge in [0, 0.05) is 4.47 Å². The molecule has 0 heterocycles. The molecule has 2 N–H and O–H groups in total. The van der Waals surface area contributed by atoms with Gasteiger partial charge in [0.05, 0.1) is 5.69 Å². The predicted octanol–water partition coefficient (Wildman–Crippen LogP) is 3.01. The van der Waals surface area contributed by atoms with E-state index in [1.165, 1.54) is 6.07 Å². The van der Waals surface area contributed by atoms with Crippen molar-refractivity contribution in [1.29, 1.82) is 0 Å². The Balaban J connectivity index is 0.00000144. The summed E-state index contributed by atoms with van der Waals surface area (Å²) in [6.07, 6.45) is 0.